The number of hydrogen-bond donors (Lipinski definition) is 2. The van der Waals surface area contributed by atoms with Crippen LogP contribution in [0.2, 0.25) is 0 Å². The monoisotopic (exact) mass is 349 g/mol. The number of carbonyl (C=O) groups excluding carboxylic acids is 1. The Kier molecular flexibility index (Phi) is 5.23. The van der Waals surface area contributed by atoms with Crippen molar-refractivity contribution in [3.63, 3.8) is 0 Å². The van der Waals surface area contributed by atoms with Crippen LogP contribution < -0.4 is 5.32 Å². The molecule has 0 spiro atoms. The molecule has 0 atom stereocenters. The lowest BCUT2D eigenvalue weighted by Gasteiger charge is -2.11. The maximum Gasteiger partial charge on any atom is 0.134 e. The molecule has 2 N–H and O–H groups in total. The van der Waals surface area contributed by atoms with Crippen molar-refractivity contribution in [2.75, 3.05) is 6.54 Å². The molecule has 2 aromatic carbocycles. The number of nitrogens with zero attached hydrogens (tertiary/aromatic N) is 1. The van der Waals surface area contributed by atoms with Crippen molar-refractivity contribution < 1.29 is 4.79 Å². The Morgan fingerprint density at radius 1 is 1.08 bits per heavy atom. The molecule has 0 saturated carbocycles. The van der Waals surface area contributed by atoms with Gasteiger partial charge in [0.2, 0.25) is 0 Å². The van der Waals surface area contributed by atoms with E-state index in [0.717, 1.165) is 35.0 Å². The number of rotatable bonds is 7. The Bertz CT molecular complexity index is 982. The van der Waals surface area contributed by atoms with Crippen LogP contribution in [0.15, 0.2) is 36.4 Å². The zero-order valence-corrected chi connectivity index (χ0v) is 16.0. The summed E-state index contributed by atoms with van der Waals surface area (Å²) in [7, 11) is 0. The largest absolute Gasteiger partial charge is 0.339 e. The number of nitrogens with one attached hydrogen (secondary N) is 2. The van der Waals surface area contributed by atoms with Crippen LogP contribution in [-0.4, -0.2) is 28.6 Å². The Balaban J connectivity index is 2.16. The molecule has 0 amide bonds. The van der Waals surface area contributed by atoms with Gasteiger partial charge in [-0.15, -0.1) is 0 Å². The predicted octanol–water partition coefficient (Wildman–Crippen LogP) is 4.31. The second kappa shape index (κ2) is 7.42. The lowest BCUT2D eigenvalue weighted by molar-refractivity contribution is -0.116. The number of benzene rings is 2. The molecule has 0 aliphatic carbocycles. The van der Waals surface area contributed by atoms with Crippen LogP contribution in [0.1, 0.15) is 38.8 Å². The minimum atomic E-state index is 0.172. The lowest BCUT2D eigenvalue weighted by atomic mass is 10.0. The van der Waals surface area contributed by atoms with E-state index in [1.807, 2.05) is 13.0 Å². The van der Waals surface area contributed by atoms with Gasteiger partial charge in [0.1, 0.15) is 5.78 Å². The number of Topliss-reactive ketones (excluding diaryl/α,β-unsaturated/α-hetero) is 1. The van der Waals surface area contributed by atoms with Crippen molar-refractivity contribution in [3.05, 3.63) is 47.5 Å². The molecule has 0 bridgehead atoms. The van der Waals surface area contributed by atoms with Gasteiger partial charge in [0.25, 0.3) is 0 Å². The fraction of sp³-hybridized carbons (Fsp3) is 0.364. The van der Waals surface area contributed by atoms with Crippen LogP contribution in [0.25, 0.3) is 21.8 Å². The average molecular weight is 349 g/mol. The second-order valence-corrected chi connectivity index (χ2v) is 7.35. The van der Waals surface area contributed by atoms with Gasteiger partial charge in [-0.25, -0.2) is 0 Å². The summed E-state index contributed by atoms with van der Waals surface area (Å²) in [5.74, 6) is 0.172. The van der Waals surface area contributed by atoms with Crippen LogP contribution in [0.3, 0.4) is 0 Å². The first kappa shape index (κ1) is 18.3. The average Bonchev–Trinajstić information content (AvgIpc) is 2.87. The quantitative estimate of drug-likeness (QED) is 0.624. The third-order valence-electron chi connectivity index (χ3n) is 4.70. The van der Waals surface area contributed by atoms with Crippen LogP contribution in [0.4, 0.5) is 0 Å². The number of fused-ring (bicyclic) bond motifs is 3. The number of carbonyl (C=O) groups is 1. The van der Waals surface area contributed by atoms with E-state index in [1.165, 1.54) is 11.0 Å². The standard InChI is InChI=1S/C22H27N3O/c1-14(2)24-9-10-25-21-7-5-17(11-15(3)26)12-19(21)20-13-18(16(4)23)6-8-22(20)25/h5-8,12-14,23-24H,9-11H2,1-4H3. The van der Waals surface area contributed by atoms with Crippen molar-refractivity contribution >= 4 is 33.3 Å². The zero-order chi connectivity index (χ0) is 18.8. The first-order valence-corrected chi connectivity index (χ1v) is 9.20. The van der Waals surface area contributed by atoms with E-state index in [0.29, 0.717) is 18.2 Å². The molecule has 4 nitrogen and oxygen atoms in total. The molecule has 0 fully saturated rings. The third kappa shape index (κ3) is 3.70. The van der Waals surface area contributed by atoms with Gasteiger partial charge in [0, 0.05) is 53.1 Å². The van der Waals surface area contributed by atoms with Crippen LogP contribution in [-0.2, 0) is 17.8 Å². The molecule has 0 aliphatic rings. The summed E-state index contributed by atoms with van der Waals surface area (Å²) in [4.78, 5) is 11.5. The number of hydrogen-bond acceptors (Lipinski definition) is 3. The van der Waals surface area contributed by atoms with E-state index < -0.39 is 0 Å². The first-order valence-electron chi connectivity index (χ1n) is 9.20. The van der Waals surface area contributed by atoms with Gasteiger partial charge in [-0.2, -0.15) is 0 Å². The maximum atomic E-state index is 11.5. The number of ketones is 1. The topological polar surface area (TPSA) is 57.9 Å². The van der Waals surface area contributed by atoms with Gasteiger partial charge in [-0.1, -0.05) is 26.0 Å². The minimum Gasteiger partial charge on any atom is -0.339 e. The van der Waals surface area contributed by atoms with Crippen molar-refractivity contribution in [2.45, 2.75) is 46.7 Å². The lowest BCUT2D eigenvalue weighted by Crippen LogP contribution is -2.26. The van der Waals surface area contributed by atoms with E-state index in [4.69, 9.17) is 5.41 Å². The number of aromatic nitrogens is 1. The Morgan fingerprint density at radius 2 is 1.73 bits per heavy atom. The van der Waals surface area contributed by atoms with Crippen LogP contribution in [0.5, 0.6) is 0 Å². The highest BCUT2D eigenvalue weighted by molar-refractivity contribution is 6.11. The molecule has 1 aromatic heterocycles. The normalized spacial score (nSPS) is 11.6. The van der Waals surface area contributed by atoms with Crippen LogP contribution >= 0.6 is 0 Å². The van der Waals surface area contributed by atoms with Crippen LogP contribution in [0, 0.1) is 5.41 Å². The third-order valence-corrected chi connectivity index (χ3v) is 4.70. The molecule has 0 saturated heterocycles. The van der Waals surface area contributed by atoms with E-state index in [1.54, 1.807) is 6.92 Å². The molecule has 3 aromatic rings. The summed E-state index contributed by atoms with van der Waals surface area (Å²) in [6.07, 6.45) is 0.459. The Morgan fingerprint density at radius 3 is 2.35 bits per heavy atom. The molecule has 26 heavy (non-hydrogen) atoms. The molecule has 1 heterocycles. The van der Waals surface area contributed by atoms with Gasteiger partial charge in [-0.05, 0) is 49.2 Å². The Labute approximate surface area is 154 Å². The van der Waals surface area contributed by atoms with Gasteiger partial charge >= 0.3 is 0 Å². The molecule has 0 radical (unpaired) electrons. The smallest absolute Gasteiger partial charge is 0.134 e. The molecule has 0 unspecified atom stereocenters. The van der Waals surface area contributed by atoms with Crippen molar-refractivity contribution in [3.8, 4) is 0 Å². The highest BCUT2D eigenvalue weighted by atomic mass is 16.1. The SMILES string of the molecule is CC(=N)c1ccc2c(c1)c1cc(CC(C)=O)ccc1n2CCNC(C)C. The van der Waals surface area contributed by atoms with Gasteiger partial charge in [0.15, 0.2) is 0 Å². The van der Waals surface area contributed by atoms with Crippen molar-refractivity contribution in [2.24, 2.45) is 0 Å². The zero-order valence-electron chi connectivity index (χ0n) is 16.0. The van der Waals surface area contributed by atoms with E-state index in [9.17, 15) is 4.79 Å². The first-order chi connectivity index (χ1) is 12.4. The summed E-state index contributed by atoms with van der Waals surface area (Å²) in [6, 6.07) is 13.0. The predicted molar refractivity (Wildman–Crippen MR) is 109 cm³/mol. The summed E-state index contributed by atoms with van der Waals surface area (Å²) >= 11 is 0. The van der Waals surface area contributed by atoms with Crippen molar-refractivity contribution in [1.29, 1.82) is 5.41 Å². The highest BCUT2D eigenvalue weighted by Crippen LogP contribution is 2.31. The van der Waals surface area contributed by atoms with Crippen molar-refractivity contribution in [1.82, 2.24) is 9.88 Å². The summed E-state index contributed by atoms with van der Waals surface area (Å²) in [5, 5.41) is 13.7. The summed E-state index contributed by atoms with van der Waals surface area (Å²) < 4.78 is 2.33. The Hall–Kier alpha value is -2.46. The second-order valence-electron chi connectivity index (χ2n) is 7.35. The van der Waals surface area contributed by atoms with Gasteiger partial charge in [-0.3, -0.25) is 4.79 Å². The van der Waals surface area contributed by atoms with E-state index >= 15 is 0 Å². The fourth-order valence-electron chi connectivity index (χ4n) is 3.49. The van der Waals surface area contributed by atoms with Gasteiger partial charge in [0.05, 0.1) is 0 Å². The molecule has 3 rings (SSSR count). The highest BCUT2D eigenvalue weighted by Gasteiger charge is 2.13. The maximum absolute atomic E-state index is 11.5. The summed E-state index contributed by atoms with van der Waals surface area (Å²) in [6.45, 7) is 9.53. The molecule has 4 heteroatoms. The molecule has 0 aliphatic heterocycles. The summed E-state index contributed by atoms with van der Waals surface area (Å²) in [5.41, 5.74) is 4.90. The van der Waals surface area contributed by atoms with E-state index in [2.05, 4.69) is 54.1 Å². The van der Waals surface area contributed by atoms with Gasteiger partial charge < -0.3 is 15.3 Å². The van der Waals surface area contributed by atoms with E-state index in [-0.39, 0.29) is 5.78 Å². The molecular formula is C22H27N3O. The molecule has 136 valence electrons. The molecular weight excluding hydrogens is 322 g/mol. The fourth-order valence-corrected chi connectivity index (χ4v) is 3.49. The minimum absolute atomic E-state index is 0.172.